The van der Waals surface area contributed by atoms with E-state index in [-0.39, 0.29) is 12.1 Å². The predicted molar refractivity (Wildman–Crippen MR) is 70.7 cm³/mol. The minimum absolute atomic E-state index is 0.147. The summed E-state index contributed by atoms with van der Waals surface area (Å²) in [5.41, 5.74) is 6.98. The Bertz CT molecular complexity index is 348. The van der Waals surface area contributed by atoms with Gasteiger partial charge in [-0.05, 0) is 51.8 Å². The summed E-state index contributed by atoms with van der Waals surface area (Å²) < 4.78 is 11.3. The summed E-state index contributed by atoms with van der Waals surface area (Å²) >= 11 is 0. The van der Waals surface area contributed by atoms with Crippen LogP contribution in [0, 0.1) is 0 Å². The number of ether oxygens (including phenoxy) is 2. The fourth-order valence-electron chi connectivity index (χ4n) is 1.67. The second kappa shape index (κ2) is 6.50. The summed E-state index contributed by atoms with van der Waals surface area (Å²) in [5.74, 6) is 1.61. The van der Waals surface area contributed by atoms with Crippen LogP contribution >= 0.6 is 0 Å². The topological polar surface area (TPSA) is 44.5 Å². The zero-order valence-corrected chi connectivity index (χ0v) is 11.2. The van der Waals surface area contributed by atoms with Gasteiger partial charge in [0.05, 0.1) is 12.7 Å². The van der Waals surface area contributed by atoms with Gasteiger partial charge in [-0.3, -0.25) is 0 Å². The van der Waals surface area contributed by atoms with Gasteiger partial charge in [-0.15, -0.1) is 0 Å². The zero-order valence-electron chi connectivity index (χ0n) is 11.2. The molecule has 1 rings (SSSR count). The smallest absolute Gasteiger partial charge is 0.161 e. The second-order valence-corrected chi connectivity index (χ2v) is 4.56. The summed E-state index contributed by atoms with van der Waals surface area (Å²) in [6.07, 6.45) is 0.996. The third-order valence-electron chi connectivity index (χ3n) is 2.23. The number of nitrogens with two attached hydrogens (primary N) is 1. The highest BCUT2D eigenvalue weighted by atomic mass is 16.5. The van der Waals surface area contributed by atoms with Gasteiger partial charge >= 0.3 is 0 Å². The molecule has 96 valence electrons. The van der Waals surface area contributed by atoms with Crippen molar-refractivity contribution in [3.05, 3.63) is 23.8 Å². The molecule has 0 saturated carbocycles. The third kappa shape index (κ3) is 4.65. The molecule has 3 nitrogen and oxygen atoms in total. The molecular weight excluding hydrogens is 214 g/mol. The molecule has 0 saturated heterocycles. The third-order valence-corrected chi connectivity index (χ3v) is 2.23. The van der Waals surface area contributed by atoms with Crippen LogP contribution in [0.3, 0.4) is 0 Å². The van der Waals surface area contributed by atoms with Crippen LogP contribution in [0.1, 0.15) is 33.3 Å². The van der Waals surface area contributed by atoms with E-state index >= 15 is 0 Å². The highest BCUT2D eigenvalue weighted by molar-refractivity contribution is 5.43. The average molecular weight is 237 g/mol. The Hall–Kier alpha value is -1.22. The molecule has 0 heterocycles. The summed E-state index contributed by atoms with van der Waals surface area (Å²) in [6.45, 7) is 8.61. The van der Waals surface area contributed by atoms with Crippen molar-refractivity contribution in [2.75, 3.05) is 6.61 Å². The molecule has 0 aliphatic carbocycles. The van der Waals surface area contributed by atoms with Crippen LogP contribution < -0.4 is 15.2 Å². The molecule has 0 aliphatic heterocycles. The van der Waals surface area contributed by atoms with E-state index in [1.165, 1.54) is 5.56 Å². The summed E-state index contributed by atoms with van der Waals surface area (Å²) in [6, 6.07) is 6.18. The van der Waals surface area contributed by atoms with Crippen LogP contribution in [0.4, 0.5) is 0 Å². The number of hydrogen-bond donors (Lipinski definition) is 1. The van der Waals surface area contributed by atoms with Crippen molar-refractivity contribution in [3.63, 3.8) is 0 Å². The van der Waals surface area contributed by atoms with E-state index in [4.69, 9.17) is 15.2 Å². The van der Waals surface area contributed by atoms with Crippen molar-refractivity contribution in [1.29, 1.82) is 0 Å². The van der Waals surface area contributed by atoms with Gasteiger partial charge in [-0.25, -0.2) is 0 Å². The maximum Gasteiger partial charge on any atom is 0.161 e. The molecule has 0 aliphatic rings. The van der Waals surface area contributed by atoms with Crippen molar-refractivity contribution in [1.82, 2.24) is 0 Å². The van der Waals surface area contributed by atoms with Gasteiger partial charge in [-0.1, -0.05) is 6.07 Å². The maximum atomic E-state index is 5.80. The van der Waals surface area contributed by atoms with E-state index in [1.807, 2.05) is 45.9 Å². The van der Waals surface area contributed by atoms with Crippen molar-refractivity contribution >= 4 is 0 Å². The number of rotatable bonds is 6. The molecule has 0 spiro atoms. The van der Waals surface area contributed by atoms with Crippen LogP contribution in [-0.2, 0) is 6.42 Å². The van der Waals surface area contributed by atoms with Gasteiger partial charge < -0.3 is 15.2 Å². The highest BCUT2D eigenvalue weighted by Crippen LogP contribution is 2.29. The molecular formula is C14H23NO2. The summed E-state index contributed by atoms with van der Waals surface area (Å²) in [7, 11) is 0. The Balaban J connectivity index is 2.90. The van der Waals surface area contributed by atoms with Gasteiger partial charge in [0.2, 0.25) is 0 Å². The largest absolute Gasteiger partial charge is 0.490 e. The lowest BCUT2D eigenvalue weighted by atomic mass is 10.1. The molecule has 0 radical (unpaired) electrons. The van der Waals surface area contributed by atoms with Crippen molar-refractivity contribution in [2.24, 2.45) is 5.73 Å². The first-order valence-corrected chi connectivity index (χ1v) is 6.20. The molecule has 1 unspecified atom stereocenters. The standard InChI is InChI=1S/C14H23NO2/c1-5-16-14-9-12(8-11(4)15)6-7-13(14)17-10(2)3/h6-7,9-11H,5,8,15H2,1-4H3. The van der Waals surface area contributed by atoms with Crippen LogP contribution in [0.15, 0.2) is 18.2 Å². The Morgan fingerprint density at radius 1 is 1.18 bits per heavy atom. The fourth-order valence-corrected chi connectivity index (χ4v) is 1.67. The van der Waals surface area contributed by atoms with Gasteiger partial charge in [0.25, 0.3) is 0 Å². The average Bonchev–Trinajstić information content (AvgIpc) is 2.21. The summed E-state index contributed by atoms with van der Waals surface area (Å²) in [5, 5.41) is 0. The lowest BCUT2D eigenvalue weighted by Gasteiger charge is -2.16. The van der Waals surface area contributed by atoms with E-state index in [1.54, 1.807) is 0 Å². The molecule has 0 amide bonds. The van der Waals surface area contributed by atoms with Crippen LogP contribution in [-0.4, -0.2) is 18.8 Å². The Labute approximate surface area is 104 Å². The van der Waals surface area contributed by atoms with Crippen molar-refractivity contribution in [3.8, 4) is 11.5 Å². The van der Waals surface area contributed by atoms with Crippen molar-refractivity contribution in [2.45, 2.75) is 46.3 Å². The first-order valence-electron chi connectivity index (χ1n) is 6.20. The SMILES string of the molecule is CCOc1cc(CC(C)N)ccc1OC(C)C. The van der Waals surface area contributed by atoms with Gasteiger partial charge in [0, 0.05) is 6.04 Å². The van der Waals surface area contributed by atoms with E-state index in [2.05, 4.69) is 0 Å². The fraction of sp³-hybridized carbons (Fsp3) is 0.571. The van der Waals surface area contributed by atoms with Crippen LogP contribution in [0.5, 0.6) is 11.5 Å². The van der Waals surface area contributed by atoms with E-state index in [9.17, 15) is 0 Å². The molecule has 0 fully saturated rings. The summed E-state index contributed by atoms with van der Waals surface area (Å²) in [4.78, 5) is 0. The minimum Gasteiger partial charge on any atom is -0.490 e. The van der Waals surface area contributed by atoms with E-state index in [0.717, 1.165) is 17.9 Å². The first kappa shape index (κ1) is 13.8. The monoisotopic (exact) mass is 237 g/mol. The molecule has 3 heteroatoms. The lowest BCUT2D eigenvalue weighted by Crippen LogP contribution is -2.17. The van der Waals surface area contributed by atoms with Gasteiger partial charge in [-0.2, -0.15) is 0 Å². The van der Waals surface area contributed by atoms with Crippen LogP contribution in [0.25, 0.3) is 0 Å². The number of benzene rings is 1. The molecule has 0 bridgehead atoms. The van der Waals surface area contributed by atoms with Crippen molar-refractivity contribution < 1.29 is 9.47 Å². The predicted octanol–water partition coefficient (Wildman–Crippen LogP) is 2.76. The molecule has 1 aromatic rings. The molecule has 1 aromatic carbocycles. The molecule has 0 aromatic heterocycles. The Kier molecular flexibility index (Phi) is 5.29. The zero-order chi connectivity index (χ0) is 12.8. The number of hydrogen-bond acceptors (Lipinski definition) is 3. The second-order valence-electron chi connectivity index (χ2n) is 4.56. The highest BCUT2D eigenvalue weighted by Gasteiger charge is 2.08. The van der Waals surface area contributed by atoms with E-state index < -0.39 is 0 Å². The quantitative estimate of drug-likeness (QED) is 0.827. The maximum absolute atomic E-state index is 5.80. The lowest BCUT2D eigenvalue weighted by molar-refractivity contribution is 0.223. The Morgan fingerprint density at radius 2 is 1.88 bits per heavy atom. The van der Waals surface area contributed by atoms with E-state index in [0.29, 0.717) is 6.61 Å². The molecule has 2 N–H and O–H groups in total. The molecule has 17 heavy (non-hydrogen) atoms. The first-order chi connectivity index (χ1) is 8.02. The normalized spacial score (nSPS) is 12.6. The van der Waals surface area contributed by atoms with Gasteiger partial charge in [0.15, 0.2) is 11.5 Å². The minimum atomic E-state index is 0.147. The van der Waals surface area contributed by atoms with Crippen LogP contribution in [0.2, 0.25) is 0 Å². The van der Waals surface area contributed by atoms with Gasteiger partial charge in [0.1, 0.15) is 0 Å². The Morgan fingerprint density at radius 3 is 2.41 bits per heavy atom. The molecule has 1 atom stereocenters.